The lowest BCUT2D eigenvalue weighted by Crippen LogP contribution is -2.33. The molecular formula is C22H18ClN7O. The Morgan fingerprint density at radius 2 is 1.97 bits per heavy atom. The molecule has 1 aromatic carbocycles. The number of nitrogens with one attached hydrogen (secondary N) is 1. The van der Waals surface area contributed by atoms with Gasteiger partial charge in [-0.05, 0) is 37.1 Å². The van der Waals surface area contributed by atoms with Gasteiger partial charge in [-0.2, -0.15) is 5.10 Å². The van der Waals surface area contributed by atoms with Gasteiger partial charge in [-0.1, -0.05) is 29.8 Å². The van der Waals surface area contributed by atoms with E-state index in [1.807, 2.05) is 36.4 Å². The van der Waals surface area contributed by atoms with Crippen molar-refractivity contribution < 1.29 is 0 Å². The molecule has 5 heterocycles. The summed E-state index contributed by atoms with van der Waals surface area (Å²) in [5, 5.41) is 6.23. The average molecular weight is 432 g/mol. The first-order valence-electron chi connectivity index (χ1n) is 10.1. The van der Waals surface area contributed by atoms with Crippen molar-refractivity contribution >= 4 is 34.0 Å². The molecule has 1 N–H and O–H groups in total. The van der Waals surface area contributed by atoms with E-state index in [-0.39, 0.29) is 11.6 Å². The minimum atomic E-state index is -0.135. The van der Waals surface area contributed by atoms with Crippen molar-refractivity contribution in [3.8, 4) is 5.69 Å². The Hall–Kier alpha value is -3.65. The van der Waals surface area contributed by atoms with E-state index in [2.05, 4.69) is 19.9 Å². The van der Waals surface area contributed by atoms with Crippen molar-refractivity contribution in [2.45, 2.75) is 18.9 Å². The molecular weight excluding hydrogens is 414 g/mol. The molecule has 0 aliphatic carbocycles. The lowest BCUT2D eigenvalue weighted by molar-refractivity contribution is 0.602. The summed E-state index contributed by atoms with van der Waals surface area (Å²) in [5.74, 6) is 1.43. The number of aromatic nitrogens is 6. The minimum absolute atomic E-state index is 0.0967. The first-order chi connectivity index (χ1) is 15.2. The fourth-order valence-electron chi connectivity index (χ4n) is 4.46. The van der Waals surface area contributed by atoms with E-state index in [0.29, 0.717) is 22.0 Å². The standard InChI is InChI=1S/C22H18ClN7O/c23-15-12-24-19-18(15)21(26-13-25-19)28-10-4-8-16(28)20-27-29-11-5-9-17(29)22(31)30(20)14-6-2-1-3-7-14/h1-3,5-7,9,11-13,16H,4,8,10H2,(H,24,25,26)/t16-/m0/s1. The number of rotatable bonds is 3. The summed E-state index contributed by atoms with van der Waals surface area (Å²) < 4.78 is 3.38. The van der Waals surface area contributed by atoms with Gasteiger partial charge in [0.05, 0.1) is 22.1 Å². The van der Waals surface area contributed by atoms with Gasteiger partial charge in [0.1, 0.15) is 23.3 Å². The topological polar surface area (TPSA) is 84.1 Å². The highest BCUT2D eigenvalue weighted by atomic mass is 35.5. The van der Waals surface area contributed by atoms with Gasteiger partial charge in [-0.3, -0.25) is 9.36 Å². The van der Waals surface area contributed by atoms with Crippen LogP contribution in [-0.2, 0) is 0 Å². The lowest BCUT2D eigenvalue weighted by atomic mass is 10.2. The minimum Gasteiger partial charge on any atom is -0.346 e. The molecule has 1 atom stereocenters. The molecule has 0 saturated carbocycles. The van der Waals surface area contributed by atoms with Gasteiger partial charge in [0.2, 0.25) is 0 Å². The second-order valence-corrected chi connectivity index (χ2v) is 7.99. The quantitative estimate of drug-likeness (QED) is 0.470. The van der Waals surface area contributed by atoms with E-state index in [0.717, 1.165) is 36.3 Å². The van der Waals surface area contributed by atoms with Crippen molar-refractivity contribution in [3.63, 3.8) is 0 Å². The summed E-state index contributed by atoms with van der Waals surface area (Å²) in [7, 11) is 0. The number of benzene rings is 1. The van der Waals surface area contributed by atoms with Crippen LogP contribution >= 0.6 is 11.6 Å². The zero-order chi connectivity index (χ0) is 20.9. The molecule has 0 unspecified atom stereocenters. The van der Waals surface area contributed by atoms with Crippen LogP contribution in [0.5, 0.6) is 0 Å². The Morgan fingerprint density at radius 3 is 2.84 bits per heavy atom. The number of hydrogen-bond donors (Lipinski definition) is 1. The number of fused-ring (bicyclic) bond motifs is 2. The SMILES string of the molecule is O=c1c2cccn2nc([C@@H]2CCCN2c2ncnc3[nH]cc(Cl)c23)n1-c1ccccc1. The average Bonchev–Trinajstić information content (AvgIpc) is 3.54. The van der Waals surface area contributed by atoms with Crippen LogP contribution in [0.2, 0.25) is 5.02 Å². The smallest absolute Gasteiger partial charge is 0.282 e. The van der Waals surface area contributed by atoms with Gasteiger partial charge in [0.15, 0.2) is 5.82 Å². The molecule has 0 radical (unpaired) electrons. The second-order valence-electron chi connectivity index (χ2n) is 7.58. The largest absolute Gasteiger partial charge is 0.346 e. The number of aromatic amines is 1. The van der Waals surface area contributed by atoms with E-state index in [1.54, 1.807) is 27.5 Å². The number of anilines is 1. The number of halogens is 1. The molecule has 1 fully saturated rings. The third-order valence-electron chi connectivity index (χ3n) is 5.83. The van der Waals surface area contributed by atoms with Crippen LogP contribution in [0.15, 0.2) is 66.0 Å². The zero-order valence-electron chi connectivity index (χ0n) is 16.4. The Morgan fingerprint density at radius 1 is 1.10 bits per heavy atom. The van der Waals surface area contributed by atoms with E-state index >= 15 is 0 Å². The maximum absolute atomic E-state index is 13.5. The number of para-hydroxylation sites is 1. The van der Waals surface area contributed by atoms with Crippen LogP contribution in [0.1, 0.15) is 24.7 Å². The van der Waals surface area contributed by atoms with E-state index in [1.165, 1.54) is 6.33 Å². The van der Waals surface area contributed by atoms with Crippen LogP contribution in [0.3, 0.4) is 0 Å². The molecule has 1 saturated heterocycles. The Bertz CT molecular complexity index is 1470. The van der Waals surface area contributed by atoms with Crippen LogP contribution in [-0.4, -0.2) is 35.7 Å². The fraction of sp³-hybridized carbons (Fsp3) is 0.182. The molecule has 31 heavy (non-hydrogen) atoms. The summed E-state index contributed by atoms with van der Waals surface area (Å²) in [6, 6.07) is 13.1. The summed E-state index contributed by atoms with van der Waals surface area (Å²) >= 11 is 6.45. The predicted molar refractivity (Wildman–Crippen MR) is 119 cm³/mol. The predicted octanol–water partition coefficient (Wildman–Crippen LogP) is 3.75. The molecule has 8 nitrogen and oxygen atoms in total. The molecule has 0 amide bonds. The van der Waals surface area contributed by atoms with Crippen molar-refractivity contribution in [2.24, 2.45) is 0 Å². The number of nitrogens with zero attached hydrogens (tertiary/aromatic N) is 6. The highest BCUT2D eigenvalue weighted by Crippen LogP contribution is 2.39. The van der Waals surface area contributed by atoms with Crippen molar-refractivity contribution in [3.05, 3.63) is 82.4 Å². The first kappa shape index (κ1) is 18.1. The molecule has 9 heteroatoms. The maximum atomic E-state index is 13.5. The number of hydrogen-bond acceptors (Lipinski definition) is 5. The van der Waals surface area contributed by atoms with E-state index in [9.17, 15) is 4.79 Å². The van der Waals surface area contributed by atoms with Crippen molar-refractivity contribution in [1.82, 2.24) is 29.1 Å². The van der Waals surface area contributed by atoms with Crippen molar-refractivity contribution in [1.29, 1.82) is 0 Å². The monoisotopic (exact) mass is 431 g/mol. The summed E-state index contributed by atoms with van der Waals surface area (Å²) in [6.45, 7) is 0.784. The van der Waals surface area contributed by atoms with Crippen LogP contribution in [0.4, 0.5) is 5.82 Å². The van der Waals surface area contributed by atoms with Crippen LogP contribution in [0, 0.1) is 0 Å². The van der Waals surface area contributed by atoms with Crippen LogP contribution in [0.25, 0.3) is 22.2 Å². The molecule has 4 aromatic heterocycles. The molecule has 154 valence electrons. The third kappa shape index (κ3) is 2.75. The molecule has 0 bridgehead atoms. The van der Waals surface area contributed by atoms with Gasteiger partial charge in [-0.15, -0.1) is 0 Å². The van der Waals surface area contributed by atoms with E-state index in [4.69, 9.17) is 16.7 Å². The lowest BCUT2D eigenvalue weighted by Gasteiger charge is -2.27. The first-order valence-corrected chi connectivity index (χ1v) is 10.5. The van der Waals surface area contributed by atoms with Gasteiger partial charge in [0, 0.05) is 18.9 Å². The zero-order valence-corrected chi connectivity index (χ0v) is 17.2. The van der Waals surface area contributed by atoms with Crippen LogP contribution < -0.4 is 10.5 Å². The molecule has 1 aliphatic rings. The Labute approximate surface area is 181 Å². The molecule has 1 aliphatic heterocycles. The fourth-order valence-corrected chi connectivity index (χ4v) is 4.69. The maximum Gasteiger partial charge on any atom is 0.282 e. The Kier molecular flexibility index (Phi) is 4.07. The molecule has 0 spiro atoms. The van der Waals surface area contributed by atoms with Crippen molar-refractivity contribution in [2.75, 3.05) is 11.4 Å². The Balaban J connectivity index is 1.59. The summed E-state index contributed by atoms with van der Waals surface area (Å²) in [5.41, 5.74) is 1.92. The van der Waals surface area contributed by atoms with Gasteiger partial charge in [-0.25, -0.2) is 14.5 Å². The van der Waals surface area contributed by atoms with E-state index < -0.39 is 0 Å². The molecule has 5 aromatic rings. The van der Waals surface area contributed by atoms with Gasteiger partial charge in [0.25, 0.3) is 5.56 Å². The summed E-state index contributed by atoms with van der Waals surface area (Å²) in [4.78, 5) is 27.6. The second kappa shape index (κ2) is 6.95. The highest BCUT2D eigenvalue weighted by Gasteiger charge is 2.33. The third-order valence-corrected chi connectivity index (χ3v) is 6.13. The highest BCUT2D eigenvalue weighted by molar-refractivity contribution is 6.36. The number of H-pyrrole nitrogens is 1. The normalized spacial score (nSPS) is 16.5. The van der Waals surface area contributed by atoms with Gasteiger partial charge < -0.3 is 9.88 Å². The van der Waals surface area contributed by atoms with Gasteiger partial charge >= 0.3 is 0 Å². The summed E-state index contributed by atoms with van der Waals surface area (Å²) in [6.07, 6.45) is 6.86. The molecule has 6 rings (SSSR count).